The number of nitrogens with zero attached hydrogens (tertiary/aromatic N) is 1. The summed E-state index contributed by atoms with van der Waals surface area (Å²) in [6.45, 7) is 6.99. The average molecular weight is 399 g/mol. The summed E-state index contributed by atoms with van der Waals surface area (Å²) in [5.74, 6) is -0.770. The van der Waals surface area contributed by atoms with Crippen molar-refractivity contribution in [2.45, 2.75) is 59.0 Å². The Labute approximate surface area is 172 Å². The zero-order chi connectivity index (χ0) is 21.2. The van der Waals surface area contributed by atoms with E-state index in [0.29, 0.717) is 24.5 Å². The first kappa shape index (κ1) is 22.5. The van der Waals surface area contributed by atoms with Crippen LogP contribution in [0.2, 0.25) is 0 Å². The number of hydrogen-bond donors (Lipinski definition) is 1. The van der Waals surface area contributed by atoms with E-state index in [0.717, 1.165) is 17.5 Å². The Morgan fingerprint density at radius 2 is 2.07 bits per heavy atom. The summed E-state index contributed by atoms with van der Waals surface area (Å²) in [5.41, 5.74) is 8.20. The van der Waals surface area contributed by atoms with Gasteiger partial charge in [-0.2, -0.15) is 5.26 Å². The summed E-state index contributed by atoms with van der Waals surface area (Å²) in [7, 11) is 0. The number of hydrogen-bond acceptors (Lipinski definition) is 6. The fourth-order valence-corrected chi connectivity index (χ4v) is 3.37. The van der Waals surface area contributed by atoms with E-state index in [1.165, 1.54) is 19.3 Å². The number of carbonyl (C=O) groups excluding carboxylic acids is 1. The first-order valence-electron chi connectivity index (χ1n) is 10.1. The predicted octanol–water partition coefficient (Wildman–Crippen LogP) is 4.43. The lowest BCUT2D eigenvalue weighted by Gasteiger charge is -2.27. The monoisotopic (exact) mass is 398 g/mol. The SMILES string of the molecule is CCCCCCOCc1cccc(C2C(C#N)=C(N)OC(C)=C2C(=O)OCC)c1. The van der Waals surface area contributed by atoms with Gasteiger partial charge in [0.2, 0.25) is 5.88 Å². The molecule has 29 heavy (non-hydrogen) atoms. The van der Waals surface area contributed by atoms with Gasteiger partial charge in [0.15, 0.2) is 0 Å². The second-order valence-corrected chi connectivity index (χ2v) is 6.97. The van der Waals surface area contributed by atoms with Gasteiger partial charge < -0.3 is 19.9 Å². The second-order valence-electron chi connectivity index (χ2n) is 6.97. The Kier molecular flexibility index (Phi) is 8.75. The van der Waals surface area contributed by atoms with Gasteiger partial charge in [0.1, 0.15) is 17.4 Å². The number of rotatable bonds is 10. The van der Waals surface area contributed by atoms with Crippen LogP contribution >= 0.6 is 0 Å². The zero-order valence-corrected chi connectivity index (χ0v) is 17.5. The quantitative estimate of drug-likeness (QED) is 0.463. The Balaban J connectivity index is 2.25. The normalized spacial score (nSPS) is 16.4. The number of ether oxygens (including phenoxy) is 3. The molecule has 0 fully saturated rings. The number of unbranched alkanes of at least 4 members (excludes halogenated alkanes) is 3. The van der Waals surface area contributed by atoms with Gasteiger partial charge in [-0.3, -0.25) is 0 Å². The topological polar surface area (TPSA) is 94.6 Å². The van der Waals surface area contributed by atoms with Crippen molar-refractivity contribution in [3.8, 4) is 6.07 Å². The van der Waals surface area contributed by atoms with Crippen molar-refractivity contribution in [2.75, 3.05) is 13.2 Å². The molecule has 0 radical (unpaired) electrons. The molecule has 6 nitrogen and oxygen atoms in total. The van der Waals surface area contributed by atoms with E-state index < -0.39 is 11.9 Å². The lowest BCUT2D eigenvalue weighted by molar-refractivity contribution is -0.139. The lowest BCUT2D eigenvalue weighted by atomic mass is 9.82. The first-order chi connectivity index (χ1) is 14.0. The molecule has 1 atom stereocenters. The lowest BCUT2D eigenvalue weighted by Crippen LogP contribution is -2.25. The molecule has 1 aliphatic rings. The number of nitriles is 1. The highest BCUT2D eigenvalue weighted by molar-refractivity contribution is 5.92. The van der Waals surface area contributed by atoms with Crippen LogP contribution in [0.25, 0.3) is 0 Å². The van der Waals surface area contributed by atoms with E-state index in [4.69, 9.17) is 19.9 Å². The molecule has 2 rings (SSSR count). The molecule has 1 aromatic carbocycles. The fourth-order valence-electron chi connectivity index (χ4n) is 3.37. The van der Waals surface area contributed by atoms with Crippen molar-refractivity contribution in [2.24, 2.45) is 5.73 Å². The van der Waals surface area contributed by atoms with E-state index >= 15 is 0 Å². The Morgan fingerprint density at radius 3 is 2.76 bits per heavy atom. The third-order valence-corrected chi connectivity index (χ3v) is 4.80. The summed E-state index contributed by atoms with van der Waals surface area (Å²) >= 11 is 0. The molecule has 1 heterocycles. The largest absolute Gasteiger partial charge is 0.463 e. The molecule has 0 aliphatic carbocycles. The van der Waals surface area contributed by atoms with Crippen LogP contribution in [0.4, 0.5) is 0 Å². The standard InChI is InChI=1S/C23H30N2O4/c1-4-6-7-8-12-27-15-17-10-9-11-18(13-17)21-19(14-24)22(25)29-16(3)20(21)23(26)28-5-2/h9-11,13,21H,4-8,12,15,25H2,1-3H3. The Hall–Kier alpha value is -2.78. The fraction of sp³-hybridized carbons (Fsp3) is 0.478. The molecular formula is C23H30N2O4. The highest BCUT2D eigenvalue weighted by Gasteiger charge is 2.36. The summed E-state index contributed by atoms with van der Waals surface area (Å²) < 4.78 is 16.4. The molecule has 0 saturated heterocycles. The first-order valence-corrected chi connectivity index (χ1v) is 10.1. The molecule has 0 spiro atoms. The van der Waals surface area contributed by atoms with Crippen LogP contribution in [0.15, 0.2) is 47.1 Å². The smallest absolute Gasteiger partial charge is 0.338 e. The van der Waals surface area contributed by atoms with Gasteiger partial charge in [-0.05, 0) is 31.4 Å². The molecule has 0 amide bonds. The minimum absolute atomic E-state index is 0.0145. The van der Waals surface area contributed by atoms with Gasteiger partial charge in [0.25, 0.3) is 0 Å². The number of benzene rings is 1. The molecule has 1 unspecified atom stereocenters. The molecule has 0 aromatic heterocycles. The van der Waals surface area contributed by atoms with E-state index in [-0.39, 0.29) is 18.1 Å². The molecule has 6 heteroatoms. The van der Waals surface area contributed by atoms with Crippen molar-refractivity contribution in [1.29, 1.82) is 5.26 Å². The van der Waals surface area contributed by atoms with E-state index in [1.54, 1.807) is 13.8 Å². The van der Waals surface area contributed by atoms with Crippen LogP contribution in [0.5, 0.6) is 0 Å². The van der Waals surface area contributed by atoms with Crippen molar-refractivity contribution < 1.29 is 19.0 Å². The third-order valence-electron chi connectivity index (χ3n) is 4.80. The van der Waals surface area contributed by atoms with Gasteiger partial charge in [0, 0.05) is 6.61 Å². The van der Waals surface area contributed by atoms with Crippen LogP contribution in [-0.4, -0.2) is 19.2 Å². The van der Waals surface area contributed by atoms with E-state index in [1.807, 2.05) is 24.3 Å². The predicted molar refractivity (Wildman–Crippen MR) is 110 cm³/mol. The summed E-state index contributed by atoms with van der Waals surface area (Å²) in [6.07, 6.45) is 4.62. The van der Waals surface area contributed by atoms with Gasteiger partial charge in [0.05, 0.1) is 24.7 Å². The highest BCUT2D eigenvalue weighted by atomic mass is 16.5. The Bertz CT molecular complexity index is 820. The van der Waals surface area contributed by atoms with Crippen LogP contribution < -0.4 is 5.73 Å². The van der Waals surface area contributed by atoms with Crippen LogP contribution in [0.1, 0.15) is 63.5 Å². The van der Waals surface area contributed by atoms with Gasteiger partial charge in [-0.15, -0.1) is 0 Å². The second kappa shape index (κ2) is 11.3. The minimum Gasteiger partial charge on any atom is -0.463 e. The molecular weight excluding hydrogens is 368 g/mol. The number of nitrogens with two attached hydrogens (primary N) is 1. The van der Waals surface area contributed by atoms with Crippen molar-refractivity contribution in [3.05, 3.63) is 58.2 Å². The maximum Gasteiger partial charge on any atom is 0.338 e. The van der Waals surface area contributed by atoms with Gasteiger partial charge in [-0.25, -0.2) is 4.79 Å². The van der Waals surface area contributed by atoms with Crippen LogP contribution in [0.3, 0.4) is 0 Å². The molecule has 1 aliphatic heterocycles. The zero-order valence-electron chi connectivity index (χ0n) is 17.5. The molecule has 1 aromatic rings. The maximum atomic E-state index is 12.6. The molecule has 156 valence electrons. The van der Waals surface area contributed by atoms with Gasteiger partial charge >= 0.3 is 5.97 Å². The van der Waals surface area contributed by atoms with Crippen LogP contribution in [-0.2, 0) is 25.6 Å². The molecule has 0 bridgehead atoms. The number of esters is 1. The van der Waals surface area contributed by atoms with Crippen molar-refractivity contribution in [3.63, 3.8) is 0 Å². The van der Waals surface area contributed by atoms with Crippen LogP contribution in [0, 0.1) is 11.3 Å². The van der Waals surface area contributed by atoms with Crippen molar-refractivity contribution >= 4 is 5.97 Å². The maximum absolute atomic E-state index is 12.6. The van der Waals surface area contributed by atoms with Crippen molar-refractivity contribution in [1.82, 2.24) is 0 Å². The van der Waals surface area contributed by atoms with Gasteiger partial charge in [-0.1, -0.05) is 50.5 Å². The summed E-state index contributed by atoms with van der Waals surface area (Å²) in [5, 5.41) is 9.66. The third kappa shape index (κ3) is 5.85. The summed E-state index contributed by atoms with van der Waals surface area (Å²) in [4.78, 5) is 12.6. The number of carbonyl (C=O) groups is 1. The summed E-state index contributed by atoms with van der Waals surface area (Å²) in [6, 6.07) is 9.77. The van der Waals surface area contributed by atoms with E-state index in [2.05, 4.69) is 13.0 Å². The average Bonchev–Trinajstić information content (AvgIpc) is 2.70. The molecule has 0 saturated carbocycles. The van der Waals surface area contributed by atoms with E-state index in [9.17, 15) is 10.1 Å². The Morgan fingerprint density at radius 1 is 1.28 bits per heavy atom. The molecule has 2 N–H and O–H groups in total. The number of allylic oxidation sites excluding steroid dienone is 2. The highest BCUT2D eigenvalue weighted by Crippen LogP contribution is 2.39. The minimum atomic E-state index is -0.627.